The highest BCUT2D eigenvalue weighted by Gasteiger charge is 2.30. The SMILES string of the molecule is Cc1c(O)cccc1C(=O)N1CCC(N2CCC[C@@H](CO)C2)CC1. The second-order valence-electron chi connectivity index (χ2n) is 7.16. The summed E-state index contributed by atoms with van der Waals surface area (Å²) in [5.74, 6) is 0.612. The van der Waals surface area contributed by atoms with Gasteiger partial charge in [0.05, 0.1) is 0 Å². The number of carbonyl (C=O) groups excluding carboxylic acids is 1. The topological polar surface area (TPSA) is 64.0 Å². The first-order valence-corrected chi connectivity index (χ1v) is 9.03. The first kappa shape index (κ1) is 17.2. The lowest BCUT2D eigenvalue weighted by molar-refractivity contribution is 0.0454. The lowest BCUT2D eigenvalue weighted by atomic mass is 9.94. The molecule has 2 N–H and O–H groups in total. The van der Waals surface area contributed by atoms with Crippen LogP contribution in [0.5, 0.6) is 5.75 Å². The minimum Gasteiger partial charge on any atom is -0.508 e. The molecule has 2 heterocycles. The van der Waals surface area contributed by atoms with E-state index in [-0.39, 0.29) is 18.3 Å². The van der Waals surface area contributed by atoms with Crippen LogP contribution < -0.4 is 0 Å². The van der Waals surface area contributed by atoms with Crippen molar-refractivity contribution in [3.63, 3.8) is 0 Å². The standard InChI is InChI=1S/C19H28N2O3/c1-14-17(5-2-6-18(14)23)19(24)20-10-7-16(8-11-20)21-9-3-4-15(12-21)13-22/h2,5-6,15-16,22-23H,3-4,7-13H2,1H3/t15-/m1/s1. The van der Waals surface area contributed by atoms with Crippen molar-refractivity contribution in [3.8, 4) is 5.75 Å². The number of amides is 1. The highest BCUT2D eigenvalue weighted by molar-refractivity contribution is 5.96. The molecule has 2 aliphatic heterocycles. The summed E-state index contributed by atoms with van der Waals surface area (Å²) in [5.41, 5.74) is 1.26. The summed E-state index contributed by atoms with van der Waals surface area (Å²) in [6.07, 6.45) is 4.26. The molecule has 0 radical (unpaired) electrons. The van der Waals surface area contributed by atoms with Crippen molar-refractivity contribution < 1.29 is 15.0 Å². The van der Waals surface area contributed by atoms with Crippen LogP contribution in [0.25, 0.3) is 0 Å². The fraction of sp³-hybridized carbons (Fsp3) is 0.632. The quantitative estimate of drug-likeness (QED) is 0.889. The van der Waals surface area contributed by atoms with Gasteiger partial charge in [-0.05, 0) is 57.2 Å². The summed E-state index contributed by atoms with van der Waals surface area (Å²) in [7, 11) is 0. The fourth-order valence-corrected chi connectivity index (χ4v) is 4.04. The zero-order chi connectivity index (χ0) is 17.1. The number of aliphatic hydroxyl groups excluding tert-OH is 1. The molecule has 1 amide bonds. The number of phenolic OH excluding ortho intramolecular Hbond substituents is 1. The van der Waals surface area contributed by atoms with Gasteiger partial charge in [-0.25, -0.2) is 0 Å². The van der Waals surface area contributed by atoms with Gasteiger partial charge in [0.1, 0.15) is 5.75 Å². The molecular formula is C19H28N2O3. The first-order chi connectivity index (χ1) is 11.6. The van der Waals surface area contributed by atoms with E-state index in [0.717, 1.165) is 51.9 Å². The maximum absolute atomic E-state index is 12.7. The van der Waals surface area contributed by atoms with Gasteiger partial charge in [0.25, 0.3) is 5.91 Å². The third kappa shape index (κ3) is 3.57. The molecule has 2 fully saturated rings. The van der Waals surface area contributed by atoms with Crippen LogP contribution in [-0.2, 0) is 0 Å². The normalized spacial score (nSPS) is 23.4. The second kappa shape index (κ2) is 7.53. The molecule has 0 saturated carbocycles. The van der Waals surface area contributed by atoms with Crippen molar-refractivity contribution in [2.75, 3.05) is 32.8 Å². The zero-order valence-electron chi connectivity index (χ0n) is 14.4. The lowest BCUT2D eigenvalue weighted by Crippen LogP contribution is -2.50. The maximum atomic E-state index is 12.7. The van der Waals surface area contributed by atoms with E-state index < -0.39 is 0 Å². The maximum Gasteiger partial charge on any atom is 0.254 e. The van der Waals surface area contributed by atoms with Gasteiger partial charge in [-0.3, -0.25) is 9.69 Å². The minimum atomic E-state index is 0.0220. The molecule has 2 aliphatic rings. The lowest BCUT2D eigenvalue weighted by Gasteiger charge is -2.42. The van der Waals surface area contributed by atoms with E-state index in [2.05, 4.69) is 4.90 Å². The fourth-order valence-electron chi connectivity index (χ4n) is 4.04. The van der Waals surface area contributed by atoms with Gasteiger partial charge in [-0.1, -0.05) is 6.07 Å². The number of carbonyl (C=O) groups is 1. The van der Waals surface area contributed by atoms with Crippen molar-refractivity contribution in [1.29, 1.82) is 0 Å². The number of phenols is 1. The first-order valence-electron chi connectivity index (χ1n) is 9.03. The van der Waals surface area contributed by atoms with Gasteiger partial charge < -0.3 is 15.1 Å². The van der Waals surface area contributed by atoms with Crippen LogP contribution >= 0.6 is 0 Å². The summed E-state index contributed by atoms with van der Waals surface area (Å²) >= 11 is 0. The van der Waals surface area contributed by atoms with Gasteiger partial charge in [0, 0.05) is 43.4 Å². The molecule has 1 aromatic carbocycles. The van der Waals surface area contributed by atoms with E-state index in [1.54, 1.807) is 25.1 Å². The Labute approximate surface area is 143 Å². The molecule has 0 aromatic heterocycles. The number of aliphatic hydroxyl groups is 1. The zero-order valence-corrected chi connectivity index (χ0v) is 14.4. The van der Waals surface area contributed by atoms with Gasteiger partial charge in [0.15, 0.2) is 0 Å². The van der Waals surface area contributed by atoms with Gasteiger partial charge in [-0.15, -0.1) is 0 Å². The van der Waals surface area contributed by atoms with E-state index in [4.69, 9.17) is 0 Å². The van der Waals surface area contributed by atoms with Crippen molar-refractivity contribution in [1.82, 2.24) is 9.80 Å². The minimum absolute atomic E-state index is 0.0220. The number of benzene rings is 1. The Kier molecular flexibility index (Phi) is 5.41. The van der Waals surface area contributed by atoms with E-state index in [1.165, 1.54) is 0 Å². The van der Waals surface area contributed by atoms with Crippen LogP contribution in [0.1, 0.15) is 41.6 Å². The smallest absolute Gasteiger partial charge is 0.254 e. The molecule has 132 valence electrons. The number of rotatable bonds is 3. The molecule has 2 saturated heterocycles. The molecule has 5 heteroatoms. The van der Waals surface area contributed by atoms with Crippen LogP contribution in [0, 0.1) is 12.8 Å². The van der Waals surface area contributed by atoms with Crippen molar-refractivity contribution in [2.45, 2.75) is 38.6 Å². The Bertz CT molecular complexity index is 582. The van der Waals surface area contributed by atoms with Crippen molar-refractivity contribution >= 4 is 5.91 Å². The Morgan fingerprint density at radius 2 is 1.96 bits per heavy atom. The molecule has 24 heavy (non-hydrogen) atoms. The molecule has 0 unspecified atom stereocenters. The predicted molar refractivity (Wildman–Crippen MR) is 93.2 cm³/mol. The third-order valence-electron chi connectivity index (χ3n) is 5.61. The average Bonchev–Trinajstić information content (AvgIpc) is 2.63. The molecule has 0 bridgehead atoms. The molecule has 1 aromatic rings. The van der Waals surface area contributed by atoms with E-state index in [9.17, 15) is 15.0 Å². The highest BCUT2D eigenvalue weighted by Crippen LogP contribution is 2.26. The van der Waals surface area contributed by atoms with Gasteiger partial charge in [-0.2, -0.15) is 0 Å². The second-order valence-corrected chi connectivity index (χ2v) is 7.16. The summed E-state index contributed by atoms with van der Waals surface area (Å²) in [5, 5.41) is 19.2. The number of hydrogen-bond donors (Lipinski definition) is 2. The summed E-state index contributed by atoms with van der Waals surface area (Å²) < 4.78 is 0. The van der Waals surface area contributed by atoms with E-state index in [0.29, 0.717) is 23.1 Å². The van der Waals surface area contributed by atoms with E-state index in [1.807, 2.05) is 4.90 Å². The monoisotopic (exact) mass is 332 g/mol. The van der Waals surface area contributed by atoms with Crippen LogP contribution in [0.15, 0.2) is 18.2 Å². The molecule has 5 nitrogen and oxygen atoms in total. The number of hydrogen-bond acceptors (Lipinski definition) is 4. The Hall–Kier alpha value is -1.59. The largest absolute Gasteiger partial charge is 0.508 e. The number of aromatic hydroxyl groups is 1. The van der Waals surface area contributed by atoms with Crippen molar-refractivity contribution in [2.24, 2.45) is 5.92 Å². The predicted octanol–water partition coefficient (Wildman–Crippen LogP) is 2.01. The van der Waals surface area contributed by atoms with Crippen LogP contribution in [0.4, 0.5) is 0 Å². The Morgan fingerprint density at radius 3 is 2.67 bits per heavy atom. The van der Waals surface area contributed by atoms with Gasteiger partial charge in [0.2, 0.25) is 0 Å². The summed E-state index contributed by atoms with van der Waals surface area (Å²) in [6.45, 7) is 5.70. The van der Waals surface area contributed by atoms with Crippen LogP contribution in [-0.4, -0.2) is 64.7 Å². The molecule has 0 spiro atoms. The molecule has 1 atom stereocenters. The number of nitrogens with zero attached hydrogens (tertiary/aromatic N) is 2. The average molecular weight is 332 g/mol. The highest BCUT2D eigenvalue weighted by atomic mass is 16.3. The number of likely N-dealkylation sites (tertiary alicyclic amines) is 2. The van der Waals surface area contributed by atoms with Crippen LogP contribution in [0.3, 0.4) is 0 Å². The molecular weight excluding hydrogens is 304 g/mol. The van der Waals surface area contributed by atoms with Crippen molar-refractivity contribution in [3.05, 3.63) is 29.3 Å². The molecule has 3 rings (SSSR count). The van der Waals surface area contributed by atoms with E-state index >= 15 is 0 Å². The van der Waals surface area contributed by atoms with Crippen LogP contribution in [0.2, 0.25) is 0 Å². The number of piperidine rings is 2. The summed E-state index contributed by atoms with van der Waals surface area (Å²) in [6, 6.07) is 5.66. The Morgan fingerprint density at radius 1 is 1.21 bits per heavy atom. The summed E-state index contributed by atoms with van der Waals surface area (Å²) in [4.78, 5) is 17.1. The molecule has 0 aliphatic carbocycles. The third-order valence-corrected chi connectivity index (χ3v) is 5.61. The Balaban J connectivity index is 1.58. The van der Waals surface area contributed by atoms with Gasteiger partial charge >= 0.3 is 0 Å².